The van der Waals surface area contributed by atoms with Crippen molar-refractivity contribution in [1.82, 2.24) is 0 Å². The average Bonchev–Trinajstić information content (AvgIpc) is 2.73. The fourth-order valence-corrected chi connectivity index (χ4v) is 2.80. The van der Waals surface area contributed by atoms with E-state index in [9.17, 15) is 9.90 Å². The minimum absolute atomic E-state index is 0.158. The molecular weight excluding hydrogens is 298 g/mol. The topological polar surface area (TPSA) is 69.6 Å². The van der Waals surface area contributed by atoms with Crippen LogP contribution in [0.4, 0.5) is 5.69 Å². The second-order valence-corrected chi connectivity index (χ2v) is 5.57. The van der Waals surface area contributed by atoms with E-state index in [2.05, 4.69) is 21.2 Å². The Kier molecular flexibility index (Phi) is 4.24. The fourth-order valence-electron chi connectivity index (χ4n) is 2.28. The molecule has 1 fully saturated rings. The van der Waals surface area contributed by atoms with Crippen LogP contribution >= 0.6 is 15.9 Å². The second-order valence-electron chi connectivity index (χ2n) is 4.71. The van der Waals surface area contributed by atoms with E-state index in [4.69, 9.17) is 5.11 Å². The molecule has 1 aromatic carbocycles. The van der Waals surface area contributed by atoms with Crippen molar-refractivity contribution in [3.05, 3.63) is 28.2 Å². The number of aromatic carboxylic acids is 1. The molecule has 2 unspecified atom stereocenters. The Labute approximate surface area is 114 Å². The second kappa shape index (κ2) is 5.71. The van der Waals surface area contributed by atoms with E-state index < -0.39 is 5.97 Å². The number of benzene rings is 1. The molecule has 0 saturated heterocycles. The van der Waals surface area contributed by atoms with Gasteiger partial charge in [-0.15, -0.1) is 0 Å². The maximum atomic E-state index is 10.8. The third-order valence-electron chi connectivity index (χ3n) is 3.31. The van der Waals surface area contributed by atoms with Gasteiger partial charge in [0.15, 0.2) is 0 Å². The SMILES string of the molecule is O=C(O)c1ccc(NCC2CCC(O)C2)c(Br)c1. The molecule has 98 valence electrons. The zero-order valence-corrected chi connectivity index (χ0v) is 11.5. The smallest absolute Gasteiger partial charge is 0.335 e. The first-order valence-electron chi connectivity index (χ1n) is 6.01. The molecular formula is C13H16BrNO3. The summed E-state index contributed by atoms with van der Waals surface area (Å²) in [5.74, 6) is -0.438. The Bertz CT molecular complexity index is 450. The lowest BCUT2D eigenvalue weighted by Gasteiger charge is -2.13. The van der Waals surface area contributed by atoms with E-state index in [0.29, 0.717) is 5.92 Å². The van der Waals surface area contributed by atoms with Gasteiger partial charge >= 0.3 is 5.97 Å². The fraction of sp³-hybridized carbons (Fsp3) is 0.462. The van der Waals surface area contributed by atoms with E-state index in [1.54, 1.807) is 18.2 Å². The number of nitrogens with one attached hydrogen (secondary N) is 1. The van der Waals surface area contributed by atoms with Crippen molar-refractivity contribution in [2.75, 3.05) is 11.9 Å². The van der Waals surface area contributed by atoms with Gasteiger partial charge in [0.05, 0.1) is 11.7 Å². The van der Waals surface area contributed by atoms with Gasteiger partial charge in [-0.2, -0.15) is 0 Å². The Hall–Kier alpha value is -1.07. The van der Waals surface area contributed by atoms with Crippen molar-refractivity contribution in [1.29, 1.82) is 0 Å². The molecule has 0 heterocycles. The van der Waals surface area contributed by atoms with Gasteiger partial charge in [0, 0.05) is 16.7 Å². The average molecular weight is 314 g/mol. The predicted molar refractivity (Wildman–Crippen MR) is 72.9 cm³/mol. The summed E-state index contributed by atoms with van der Waals surface area (Å²) in [4.78, 5) is 10.8. The van der Waals surface area contributed by atoms with Crippen LogP contribution in [0.5, 0.6) is 0 Å². The molecule has 0 amide bonds. The molecule has 1 saturated carbocycles. The largest absolute Gasteiger partial charge is 0.478 e. The van der Waals surface area contributed by atoms with Gasteiger partial charge in [-0.3, -0.25) is 0 Å². The summed E-state index contributed by atoms with van der Waals surface area (Å²) < 4.78 is 0.751. The monoisotopic (exact) mass is 313 g/mol. The van der Waals surface area contributed by atoms with E-state index in [-0.39, 0.29) is 11.7 Å². The normalized spacial score (nSPS) is 23.0. The molecule has 4 nitrogen and oxygen atoms in total. The van der Waals surface area contributed by atoms with Crippen LogP contribution in [0.2, 0.25) is 0 Å². The van der Waals surface area contributed by atoms with Crippen LogP contribution < -0.4 is 5.32 Å². The number of aliphatic hydroxyl groups is 1. The van der Waals surface area contributed by atoms with Crippen molar-refractivity contribution >= 4 is 27.6 Å². The van der Waals surface area contributed by atoms with Crippen molar-refractivity contribution in [2.45, 2.75) is 25.4 Å². The van der Waals surface area contributed by atoms with Gasteiger partial charge in [0.25, 0.3) is 0 Å². The van der Waals surface area contributed by atoms with Crippen LogP contribution in [0.1, 0.15) is 29.6 Å². The Morgan fingerprint density at radius 2 is 2.22 bits per heavy atom. The molecule has 5 heteroatoms. The highest BCUT2D eigenvalue weighted by Crippen LogP contribution is 2.28. The zero-order valence-electron chi connectivity index (χ0n) is 9.90. The summed E-state index contributed by atoms with van der Waals surface area (Å²) in [6.07, 6.45) is 2.61. The van der Waals surface area contributed by atoms with E-state index >= 15 is 0 Å². The van der Waals surface area contributed by atoms with Gasteiger partial charge in [-0.1, -0.05) is 0 Å². The first-order chi connectivity index (χ1) is 8.56. The summed E-state index contributed by atoms with van der Waals surface area (Å²) in [6.45, 7) is 0.808. The standard InChI is InChI=1S/C13H16BrNO3/c14-11-6-9(13(17)18)2-4-12(11)15-7-8-1-3-10(16)5-8/h2,4,6,8,10,15-16H,1,3,5,7H2,(H,17,18). The van der Waals surface area contributed by atoms with Gasteiger partial charge < -0.3 is 15.5 Å². The van der Waals surface area contributed by atoms with Crippen LogP contribution in [-0.4, -0.2) is 28.8 Å². The van der Waals surface area contributed by atoms with Gasteiger partial charge in [0.2, 0.25) is 0 Å². The molecule has 1 aromatic rings. The van der Waals surface area contributed by atoms with Gasteiger partial charge in [0.1, 0.15) is 0 Å². The highest BCUT2D eigenvalue weighted by atomic mass is 79.9. The first-order valence-corrected chi connectivity index (χ1v) is 6.80. The molecule has 2 atom stereocenters. The van der Waals surface area contributed by atoms with Crippen molar-refractivity contribution < 1.29 is 15.0 Å². The molecule has 0 radical (unpaired) electrons. The van der Waals surface area contributed by atoms with Crippen LogP contribution in [0.3, 0.4) is 0 Å². The van der Waals surface area contributed by atoms with E-state index in [1.807, 2.05) is 0 Å². The van der Waals surface area contributed by atoms with E-state index in [1.165, 1.54) is 0 Å². The Balaban J connectivity index is 1.95. The molecule has 18 heavy (non-hydrogen) atoms. The van der Waals surface area contributed by atoms with Crippen LogP contribution in [0.25, 0.3) is 0 Å². The van der Waals surface area contributed by atoms with Crippen LogP contribution in [0.15, 0.2) is 22.7 Å². The Morgan fingerprint density at radius 3 is 2.78 bits per heavy atom. The van der Waals surface area contributed by atoms with E-state index in [0.717, 1.165) is 36.0 Å². The number of carboxylic acids is 1. The number of anilines is 1. The number of aliphatic hydroxyl groups excluding tert-OH is 1. The number of rotatable bonds is 4. The zero-order chi connectivity index (χ0) is 13.1. The van der Waals surface area contributed by atoms with Crippen LogP contribution in [-0.2, 0) is 0 Å². The van der Waals surface area contributed by atoms with Gasteiger partial charge in [-0.25, -0.2) is 4.79 Å². The Morgan fingerprint density at radius 1 is 1.44 bits per heavy atom. The summed E-state index contributed by atoms with van der Waals surface area (Å²) in [5.41, 5.74) is 1.16. The minimum atomic E-state index is -0.929. The molecule has 2 rings (SSSR count). The number of carbonyl (C=O) groups is 1. The number of halogens is 1. The molecule has 1 aliphatic rings. The maximum Gasteiger partial charge on any atom is 0.335 e. The lowest BCUT2D eigenvalue weighted by atomic mass is 10.1. The van der Waals surface area contributed by atoms with Crippen molar-refractivity contribution in [3.63, 3.8) is 0 Å². The third-order valence-corrected chi connectivity index (χ3v) is 3.97. The number of carboxylic acid groups (broad SMARTS) is 1. The summed E-state index contributed by atoms with van der Waals surface area (Å²) in [6, 6.07) is 4.94. The number of hydrogen-bond donors (Lipinski definition) is 3. The van der Waals surface area contributed by atoms with Crippen molar-refractivity contribution in [3.8, 4) is 0 Å². The highest BCUT2D eigenvalue weighted by Gasteiger charge is 2.22. The predicted octanol–water partition coefficient (Wildman–Crippen LogP) is 2.72. The minimum Gasteiger partial charge on any atom is -0.478 e. The summed E-state index contributed by atoms with van der Waals surface area (Å²) in [5, 5.41) is 21.6. The van der Waals surface area contributed by atoms with Crippen molar-refractivity contribution in [2.24, 2.45) is 5.92 Å². The molecule has 1 aliphatic carbocycles. The van der Waals surface area contributed by atoms with Crippen LogP contribution in [0, 0.1) is 5.92 Å². The highest BCUT2D eigenvalue weighted by molar-refractivity contribution is 9.10. The first kappa shape index (κ1) is 13.4. The number of hydrogen-bond acceptors (Lipinski definition) is 3. The summed E-state index contributed by atoms with van der Waals surface area (Å²) >= 11 is 3.36. The van der Waals surface area contributed by atoms with Gasteiger partial charge in [-0.05, 0) is 59.3 Å². The quantitative estimate of drug-likeness (QED) is 0.799. The summed E-state index contributed by atoms with van der Waals surface area (Å²) in [7, 11) is 0. The molecule has 0 bridgehead atoms. The third kappa shape index (κ3) is 3.23. The molecule has 3 N–H and O–H groups in total. The lowest BCUT2D eigenvalue weighted by molar-refractivity contribution is 0.0697. The maximum absolute atomic E-state index is 10.8. The molecule has 0 aliphatic heterocycles. The molecule has 0 aromatic heterocycles. The molecule has 0 spiro atoms. The lowest BCUT2D eigenvalue weighted by Crippen LogP contribution is -2.13.